The summed E-state index contributed by atoms with van der Waals surface area (Å²) in [5.41, 5.74) is 0.650. The van der Waals surface area contributed by atoms with Gasteiger partial charge in [-0.1, -0.05) is 12.1 Å². The number of anilines is 1. The topological polar surface area (TPSA) is 90.4 Å². The quantitative estimate of drug-likeness (QED) is 0.746. The summed E-state index contributed by atoms with van der Waals surface area (Å²) in [6.07, 6.45) is 0.749. The second-order valence-electron chi connectivity index (χ2n) is 5.12. The monoisotopic (exact) mass is 327 g/mol. The van der Waals surface area contributed by atoms with Gasteiger partial charge in [0.05, 0.1) is 0 Å². The lowest BCUT2D eigenvalue weighted by atomic mass is 10.3. The number of furan rings is 1. The Labute approximate surface area is 138 Å². The molecule has 1 aromatic carbocycles. The third-order valence-electron chi connectivity index (χ3n) is 3.28. The maximum absolute atomic E-state index is 12.1. The van der Waals surface area contributed by atoms with Gasteiger partial charge in [-0.05, 0) is 36.4 Å². The SMILES string of the molecule is CCc1ccc(C(=O)Nc2ccc(OCc3noc(C)n3)cc2)o1. The summed E-state index contributed by atoms with van der Waals surface area (Å²) < 4.78 is 15.8. The number of carbonyl (C=O) groups is 1. The first-order valence-electron chi connectivity index (χ1n) is 7.56. The number of nitrogens with one attached hydrogen (secondary N) is 1. The molecule has 2 heterocycles. The Kier molecular flexibility index (Phi) is 4.60. The fourth-order valence-corrected chi connectivity index (χ4v) is 2.06. The Morgan fingerprint density at radius 3 is 2.62 bits per heavy atom. The largest absolute Gasteiger partial charge is 0.485 e. The Bertz CT molecular complexity index is 820. The molecule has 0 aliphatic rings. The number of hydrogen-bond acceptors (Lipinski definition) is 6. The number of aromatic nitrogens is 2. The zero-order valence-electron chi connectivity index (χ0n) is 13.4. The highest BCUT2D eigenvalue weighted by molar-refractivity contribution is 6.02. The molecule has 0 radical (unpaired) electrons. The molecule has 7 nitrogen and oxygen atoms in total. The van der Waals surface area contributed by atoms with Gasteiger partial charge in [0.1, 0.15) is 11.5 Å². The lowest BCUT2D eigenvalue weighted by Crippen LogP contribution is -2.10. The summed E-state index contributed by atoms with van der Waals surface area (Å²) in [5.74, 6) is 2.40. The summed E-state index contributed by atoms with van der Waals surface area (Å²) >= 11 is 0. The minimum absolute atomic E-state index is 0.217. The van der Waals surface area contributed by atoms with E-state index in [-0.39, 0.29) is 12.5 Å². The first-order chi connectivity index (χ1) is 11.6. The molecule has 0 fully saturated rings. The van der Waals surface area contributed by atoms with Crippen LogP contribution in [-0.4, -0.2) is 16.0 Å². The molecule has 3 aromatic rings. The first-order valence-corrected chi connectivity index (χ1v) is 7.56. The van der Waals surface area contributed by atoms with Gasteiger partial charge in [0.15, 0.2) is 12.4 Å². The van der Waals surface area contributed by atoms with Crippen molar-refractivity contribution in [2.24, 2.45) is 0 Å². The van der Waals surface area contributed by atoms with E-state index in [0.717, 1.165) is 12.2 Å². The van der Waals surface area contributed by atoms with Gasteiger partial charge in [-0.2, -0.15) is 4.98 Å². The Morgan fingerprint density at radius 2 is 2.00 bits per heavy atom. The molecule has 0 spiro atoms. The fraction of sp³-hybridized carbons (Fsp3) is 0.235. The van der Waals surface area contributed by atoms with Gasteiger partial charge < -0.3 is 19.0 Å². The van der Waals surface area contributed by atoms with Crippen LogP contribution in [0.15, 0.2) is 45.3 Å². The third kappa shape index (κ3) is 3.81. The van der Waals surface area contributed by atoms with Crippen LogP contribution in [0.4, 0.5) is 5.69 Å². The number of amides is 1. The number of benzene rings is 1. The molecule has 24 heavy (non-hydrogen) atoms. The van der Waals surface area contributed by atoms with Gasteiger partial charge in [-0.3, -0.25) is 4.79 Å². The molecule has 0 unspecified atom stereocenters. The van der Waals surface area contributed by atoms with Crippen LogP contribution >= 0.6 is 0 Å². The standard InChI is InChI=1S/C17H17N3O4/c1-3-13-8-9-15(23-13)17(21)19-12-4-6-14(7-5-12)22-10-16-18-11(2)24-20-16/h4-9H,3,10H2,1-2H3,(H,19,21). The van der Waals surface area contributed by atoms with Gasteiger partial charge in [0.2, 0.25) is 11.7 Å². The van der Waals surface area contributed by atoms with Gasteiger partial charge in [-0.25, -0.2) is 0 Å². The normalized spacial score (nSPS) is 10.6. The number of carbonyl (C=O) groups excluding carboxylic acids is 1. The van der Waals surface area contributed by atoms with E-state index in [1.165, 1.54) is 0 Å². The van der Waals surface area contributed by atoms with E-state index >= 15 is 0 Å². The maximum Gasteiger partial charge on any atom is 0.291 e. The molecule has 3 rings (SSSR count). The van der Waals surface area contributed by atoms with E-state index in [2.05, 4.69) is 15.5 Å². The predicted molar refractivity (Wildman–Crippen MR) is 85.8 cm³/mol. The van der Waals surface area contributed by atoms with Crippen LogP contribution in [-0.2, 0) is 13.0 Å². The van der Waals surface area contributed by atoms with Crippen molar-refractivity contribution < 1.29 is 18.5 Å². The minimum atomic E-state index is -0.286. The molecule has 0 saturated carbocycles. The molecular weight excluding hydrogens is 310 g/mol. The summed E-state index contributed by atoms with van der Waals surface area (Å²) in [6.45, 7) is 3.90. The molecule has 0 aliphatic heterocycles. The molecule has 2 aromatic heterocycles. The van der Waals surface area contributed by atoms with E-state index < -0.39 is 0 Å². The molecule has 0 bridgehead atoms. The number of nitrogens with zero attached hydrogens (tertiary/aromatic N) is 2. The minimum Gasteiger partial charge on any atom is -0.485 e. The summed E-state index contributed by atoms with van der Waals surface area (Å²) in [7, 11) is 0. The van der Waals surface area contributed by atoms with Gasteiger partial charge in [0.25, 0.3) is 5.91 Å². The maximum atomic E-state index is 12.1. The first kappa shape index (κ1) is 15.8. The second-order valence-corrected chi connectivity index (χ2v) is 5.12. The van der Waals surface area contributed by atoms with Crippen LogP contribution in [0, 0.1) is 6.92 Å². The molecule has 7 heteroatoms. The van der Waals surface area contributed by atoms with E-state index in [1.54, 1.807) is 43.3 Å². The van der Waals surface area contributed by atoms with E-state index in [9.17, 15) is 4.79 Å². The Hall–Kier alpha value is -3.09. The number of rotatable bonds is 6. The van der Waals surface area contributed by atoms with Crippen LogP contribution in [0.2, 0.25) is 0 Å². The van der Waals surface area contributed by atoms with Crippen molar-refractivity contribution >= 4 is 11.6 Å². The fourth-order valence-electron chi connectivity index (χ4n) is 2.06. The molecule has 1 amide bonds. The average Bonchev–Trinajstić information content (AvgIpc) is 3.23. The number of aryl methyl sites for hydroxylation is 2. The van der Waals surface area contributed by atoms with Crippen molar-refractivity contribution in [2.45, 2.75) is 26.9 Å². The van der Waals surface area contributed by atoms with E-state index in [4.69, 9.17) is 13.7 Å². The van der Waals surface area contributed by atoms with Crippen molar-refractivity contribution in [3.8, 4) is 5.75 Å². The van der Waals surface area contributed by atoms with Crippen molar-refractivity contribution in [1.29, 1.82) is 0 Å². The average molecular weight is 327 g/mol. The van der Waals surface area contributed by atoms with Crippen LogP contribution in [0.1, 0.15) is 35.0 Å². The van der Waals surface area contributed by atoms with Crippen molar-refractivity contribution in [3.05, 3.63) is 59.6 Å². The zero-order valence-corrected chi connectivity index (χ0v) is 13.4. The summed E-state index contributed by atoms with van der Waals surface area (Å²) in [4.78, 5) is 16.1. The number of ether oxygens (including phenoxy) is 1. The zero-order chi connectivity index (χ0) is 16.9. The lowest BCUT2D eigenvalue weighted by molar-refractivity contribution is 0.0995. The highest BCUT2D eigenvalue weighted by Gasteiger charge is 2.11. The molecule has 1 N–H and O–H groups in total. The van der Waals surface area contributed by atoms with Gasteiger partial charge >= 0.3 is 0 Å². The Morgan fingerprint density at radius 1 is 1.21 bits per heavy atom. The summed E-state index contributed by atoms with van der Waals surface area (Å²) in [5, 5.41) is 6.52. The third-order valence-corrected chi connectivity index (χ3v) is 3.28. The molecule has 0 saturated heterocycles. The Balaban J connectivity index is 1.56. The molecule has 124 valence electrons. The second kappa shape index (κ2) is 6.99. The summed E-state index contributed by atoms with van der Waals surface area (Å²) in [6, 6.07) is 10.5. The lowest BCUT2D eigenvalue weighted by Gasteiger charge is -2.06. The van der Waals surface area contributed by atoms with Gasteiger partial charge in [-0.15, -0.1) is 0 Å². The van der Waals surface area contributed by atoms with Gasteiger partial charge in [0, 0.05) is 19.0 Å². The number of hydrogen-bond donors (Lipinski definition) is 1. The van der Waals surface area contributed by atoms with E-state index in [1.807, 2.05) is 6.92 Å². The van der Waals surface area contributed by atoms with Crippen LogP contribution in [0.5, 0.6) is 5.75 Å². The van der Waals surface area contributed by atoms with Crippen LogP contribution in [0.25, 0.3) is 0 Å². The molecule has 0 atom stereocenters. The van der Waals surface area contributed by atoms with Crippen molar-refractivity contribution in [3.63, 3.8) is 0 Å². The van der Waals surface area contributed by atoms with Crippen molar-refractivity contribution in [1.82, 2.24) is 10.1 Å². The predicted octanol–water partition coefficient (Wildman–Crippen LogP) is 3.36. The molecule has 0 aliphatic carbocycles. The van der Waals surface area contributed by atoms with Crippen molar-refractivity contribution in [2.75, 3.05) is 5.32 Å². The van der Waals surface area contributed by atoms with Crippen LogP contribution in [0.3, 0.4) is 0 Å². The van der Waals surface area contributed by atoms with E-state index in [0.29, 0.717) is 28.9 Å². The molecular formula is C17H17N3O4. The highest BCUT2D eigenvalue weighted by atomic mass is 16.5. The smallest absolute Gasteiger partial charge is 0.291 e. The van der Waals surface area contributed by atoms with Crippen LogP contribution < -0.4 is 10.1 Å². The highest BCUT2D eigenvalue weighted by Crippen LogP contribution is 2.18.